The number of nitrogens with zero attached hydrogens (tertiary/aromatic N) is 2. The van der Waals surface area contributed by atoms with Crippen LogP contribution in [0, 0.1) is 0 Å². The van der Waals surface area contributed by atoms with Crippen LogP contribution in [0.2, 0.25) is 5.15 Å². The molecule has 1 fully saturated rings. The maximum absolute atomic E-state index is 6.08. The summed E-state index contributed by atoms with van der Waals surface area (Å²) >= 11 is 6.08. The van der Waals surface area contributed by atoms with Crippen LogP contribution in [0.15, 0.2) is 6.20 Å². The number of halogens is 1. The van der Waals surface area contributed by atoms with Crippen LogP contribution in [-0.2, 0) is 6.42 Å². The SMILES string of the molecule is NCCc1cnc(C2CCCC2)nc1Cl. The van der Waals surface area contributed by atoms with Crippen molar-refractivity contribution in [3.05, 3.63) is 22.7 Å². The molecule has 82 valence electrons. The van der Waals surface area contributed by atoms with Gasteiger partial charge < -0.3 is 5.73 Å². The third-order valence-corrected chi connectivity index (χ3v) is 3.29. The second-order valence-corrected chi connectivity index (χ2v) is 4.42. The minimum Gasteiger partial charge on any atom is -0.330 e. The molecule has 0 bridgehead atoms. The van der Waals surface area contributed by atoms with E-state index >= 15 is 0 Å². The van der Waals surface area contributed by atoms with Crippen molar-refractivity contribution in [3.63, 3.8) is 0 Å². The topological polar surface area (TPSA) is 51.8 Å². The summed E-state index contributed by atoms with van der Waals surface area (Å²) in [6, 6.07) is 0. The van der Waals surface area contributed by atoms with Gasteiger partial charge in [0, 0.05) is 17.7 Å². The molecule has 15 heavy (non-hydrogen) atoms. The lowest BCUT2D eigenvalue weighted by molar-refractivity contribution is 0.664. The molecule has 2 rings (SSSR count). The summed E-state index contributed by atoms with van der Waals surface area (Å²) in [7, 11) is 0. The van der Waals surface area contributed by atoms with Gasteiger partial charge in [-0.1, -0.05) is 24.4 Å². The van der Waals surface area contributed by atoms with Gasteiger partial charge in [-0.2, -0.15) is 0 Å². The number of hydrogen-bond acceptors (Lipinski definition) is 3. The highest BCUT2D eigenvalue weighted by Gasteiger charge is 2.20. The van der Waals surface area contributed by atoms with E-state index in [0.717, 1.165) is 17.8 Å². The largest absolute Gasteiger partial charge is 0.330 e. The average molecular weight is 226 g/mol. The van der Waals surface area contributed by atoms with Gasteiger partial charge >= 0.3 is 0 Å². The summed E-state index contributed by atoms with van der Waals surface area (Å²) in [5.74, 6) is 1.44. The van der Waals surface area contributed by atoms with E-state index in [4.69, 9.17) is 17.3 Å². The molecule has 3 nitrogen and oxygen atoms in total. The quantitative estimate of drug-likeness (QED) is 0.804. The standard InChI is InChI=1S/C11H16ClN3/c12-10-9(5-6-13)7-14-11(15-10)8-3-1-2-4-8/h7-8H,1-6,13H2. The van der Waals surface area contributed by atoms with E-state index in [0.29, 0.717) is 17.6 Å². The van der Waals surface area contributed by atoms with E-state index in [1.807, 2.05) is 6.20 Å². The molecule has 0 spiro atoms. The number of rotatable bonds is 3. The molecular weight excluding hydrogens is 210 g/mol. The van der Waals surface area contributed by atoms with Crippen molar-refractivity contribution >= 4 is 11.6 Å². The average Bonchev–Trinajstić information content (AvgIpc) is 2.74. The molecule has 0 amide bonds. The van der Waals surface area contributed by atoms with Gasteiger partial charge in [-0.05, 0) is 25.8 Å². The van der Waals surface area contributed by atoms with E-state index in [1.165, 1.54) is 25.7 Å². The summed E-state index contributed by atoms with van der Waals surface area (Å²) in [4.78, 5) is 8.76. The molecule has 0 aromatic carbocycles. The number of nitrogens with two attached hydrogens (primary N) is 1. The van der Waals surface area contributed by atoms with Crippen molar-refractivity contribution in [1.29, 1.82) is 0 Å². The predicted molar refractivity (Wildman–Crippen MR) is 61.0 cm³/mol. The lowest BCUT2D eigenvalue weighted by Gasteiger charge is -2.09. The lowest BCUT2D eigenvalue weighted by Crippen LogP contribution is -2.07. The van der Waals surface area contributed by atoms with Crippen molar-refractivity contribution < 1.29 is 0 Å². The third-order valence-electron chi connectivity index (χ3n) is 2.96. The van der Waals surface area contributed by atoms with Crippen LogP contribution in [-0.4, -0.2) is 16.5 Å². The van der Waals surface area contributed by atoms with E-state index in [-0.39, 0.29) is 0 Å². The highest BCUT2D eigenvalue weighted by Crippen LogP contribution is 2.32. The minimum absolute atomic E-state index is 0.523. The summed E-state index contributed by atoms with van der Waals surface area (Å²) in [6.07, 6.45) is 7.56. The van der Waals surface area contributed by atoms with Crippen LogP contribution < -0.4 is 5.73 Å². The van der Waals surface area contributed by atoms with Crippen LogP contribution in [0.25, 0.3) is 0 Å². The summed E-state index contributed by atoms with van der Waals surface area (Å²) in [5.41, 5.74) is 6.43. The molecule has 0 unspecified atom stereocenters. The molecule has 1 heterocycles. The van der Waals surface area contributed by atoms with Crippen LogP contribution in [0.3, 0.4) is 0 Å². The van der Waals surface area contributed by atoms with Crippen molar-refractivity contribution in [2.75, 3.05) is 6.54 Å². The lowest BCUT2D eigenvalue weighted by atomic mass is 10.1. The van der Waals surface area contributed by atoms with Gasteiger partial charge in [0.2, 0.25) is 0 Å². The molecular formula is C11H16ClN3. The molecule has 0 radical (unpaired) electrons. The Morgan fingerprint density at radius 3 is 2.73 bits per heavy atom. The summed E-state index contributed by atoms with van der Waals surface area (Å²) in [6.45, 7) is 0.589. The second kappa shape index (κ2) is 4.90. The Bertz CT molecular complexity index is 335. The highest BCUT2D eigenvalue weighted by atomic mass is 35.5. The molecule has 1 aromatic heterocycles. The van der Waals surface area contributed by atoms with Crippen LogP contribution >= 0.6 is 11.6 Å². The van der Waals surface area contributed by atoms with Crippen LogP contribution in [0.4, 0.5) is 0 Å². The summed E-state index contributed by atoms with van der Waals surface area (Å²) in [5, 5.41) is 0.581. The fraction of sp³-hybridized carbons (Fsp3) is 0.636. The van der Waals surface area contributed by atoms with Gasteiger partial charge in [0.05, 0.1) is 0 Å². The Morgan fingerprint density at radius 2 is 2.13 bits per heavy atom. The van der Waals surface area contributed by atoms with Gasteiger partial charge in [0.1, 0.15) is 11.0 Å². The summed E-state index contributed by atoms with van der Waals surface area (Å²) < 4.78 is 0. The zero-order valence-electron chi connectivity index (χ0n) is 8.75. The Kier molecular flexibility index (Phi) is 3.54. The van der Waals surface area contributed by atoms with E-state index in [1.54, 1.807) is 0 Å². The molecule has 0 saturated heterocycles. The Labute approximate surface area is 95.1 Å². The second-order valence-electron chi connectivity index (χ2n) is 4.06. The smallest absolute Gasteiger partial charge is 0.136 e. The first-order valence-corrected chi connectivity index (χ1v) is 5.90. The third kappa shape index (κ3) is 2.47. The Hall–Kier alpha value is -0.670. The molecule has 0 atom stereocenters. The van der Waals surface area contributed by atoms with Gasteiger partial charge in [-0.15, -0.1) is 0 Å². The maximum atomic E-state index is 6.08. The van der Waals surface area contributed by atoms with Crippen molar-refractivity contribution in [2.45, 2.75) is 38.0 Å². The number of hydrogen-bond donors (Lipinski definition) is 1. The molecule has 4 heteroatoms. The first-order valence-electron chi connectivity index (χ1n) is 5.52. The molecule has 1 saturated carbocycles. The van der Waals surface area contributed by atoms with Gasteiger partial charge in [0.25, 0.3) is 0 Å². The van der Waals surface area contributed by atoms with Gasteiger partial charge in [-0.3, -0.25) is 0 Å². The normalized spacial score (nSPS) is 17.2. The van der Waals surface area contributed by atoms with Gasteiger partial charge in [-0.25, -0.2) is 9.97 Å². The molecule has 2 N–H and O–H groups in total. The van der Waals surface area contributed by atoms with Crippen molar-refractivity contribution in [3.8, 4) is 0 Å². The van der Waals surface area contributed by atoms with E-state index in [2.05, 4.69) is 9.97 Å². The fourth-order valence-corrected chi connectivity index (χ4v) is 2.33. The van der Waals surface area contributed by atoms with Crippen LogP contribution in [0.5, 0.6) is 0 Å². The maximum Gasteiger partial charge on any atom is 0.136 e. The zero-order valence-corrected chi connectivity index (χ0v) is 9.50. The number of aromatic nitrogens is 2. The van der Waals surface area contributed by atoms with E-state index < -0.39 is 0 Å². The first kappa shape index (κ1) is 10.8. The Balaban J connectivity index is 2.16. The highest BCUT2D eigenvalue weighted by molar-refractivity contribution is 6.30. The van der Waals surface area contributed by atoms with Crippen molar-refractivity contribution in [2.24, 2.45) is 5.73 Å². The first-order chi connectivity index (χ1) is 7.31. The predicted octanol–water partition coefficient (Wildman–Crippen LogP) is 2.29. The molecule has 1 aliphatic carbocycles. The van der Waals surface area contributed by atoms with Crippen LogP contribution in [0.1, 0.15) is 43.0 Å². The molecule has 1 aliphatic rings. The monoisotopic (exact) mass is 225 g/mol. The zero-order chi connectivity index (χ0) is 10.7. The molecule has 0 aliphatic heterocycles. The fourth-order valence-electron chi connectivity index (χ4n) is 2.10. The van der Waals surface area contributed by atoms with Gasteiger partial charge in [0.15, 0.2) is 0 Å². The molecule has 1 aromatic rings. The van der Waals surface area contributed by atoms with Crippen molar-refractivity contribution in [1.82, 2.24) is 9.97 Å². The van der Waals surface area contributed by atoms with E-state index in [9.17, 15) is 0 Å². The Morgan fingerprint density at radius 1 is 1.40 bits per heavy atom. The minimum atomic E-state index is 0.523.